The average Bonchev–Trinajstić information content (AvgIpc) is 2.64. The van der Waals surface area contributed by atoms with E-state index in [2.05, 4.69) is 28.2 Å². The Labute approximate surface area is 153 Å². The Morgan fingerprint density at radius 3 is 2.54 bits per heavy atom. The summed E-state index contributed by atoms with van der Waals surface area (Å²) in [7, 11) is 2.14. The number of halogens is 1. The molecule has 136 valence electrons. The van der Waals surface area contributed by atoms with Crippen LogP contribution in [0, 0.1) is 5.82 Å². The molecule has 4 rings (SSSR count). The zero-order valence-electron chi connectivity index (χ0n) is 14.9. The Morgan fingerprint density at radius 1 is 1.04 bits per heavy atom. The van der Waals surface area contributed by atoms with E-state index in [-0.39, 0.29) is 11.8 Å². The largest absolute Gasteiger partial charge is 0.369 e. The number of benzene rings is 2. The van der Waals surface area contributed by atoms with Gasteiger partial charge >= 0.3 is 6.03 Å². The van der Waals surface area contributed by atoms with Gasteiger partial charge in [-0.15, -0.1) is 0 Å². The van der Waals surface area contributed by atoms with Gasteiger partial charge < -0.3 is 15.1 Å². The molecule has 0 unspecified atom stereocenters. The van der Waals surface area contributed by atoms with Crippen LogP contribution in [0.5, 0.6) is 0 Å². The molecule has 0 aliphatic carbocycles. The summed E-state index contributed by atoms with van der Waals surface area (Å²) in [6.45, 7) is 4.89. The van der Waals surface area contributed by atoms with Crippen molar-refractivity contribution in [3.8, 4) is 0 Å². The maximum Gasteiger partial charge on any atom is 0.322 e. The van der Waals surface area contributed by atoms with Crippen molar-refractivity contribution in [3.63, 3.8) is 0 Å². The van der Waals surface area contributed by atoms with Crippen LogP contribution in [0.4, 0.5) is 20.6 Å². The number of likely N-dealkylation sites (N-methyl/N-ethyl adjacent to an activating group) is 1. The molecular weight excluding hydrogens is 331 g/mol. The van der Waals surface area contributed by atoms with Crippen molar-refractivity contribution < 1.29 is 9.18 Å². The van der Waals surface area contributed by atoms with Gasteiger partial charge in [0.25, 0.3) is 0 Å². The molecule has 2 aliphatic rings. The lowest BCUT2D eigenvalue weighted by Crippen LogP contribution is -2.47. The maximum absolute atomic E-state index is 13.5. The third-order valence-corrected chi connectivity index (χ3v) is 5.15. The lowest BCUT2D eigenvalue weighted by atomic mass is 10.0. The van der Waals surface area contributed by atoms with Gasteiger partial charge in [-0.2, -0.15) is 0 Å². The molecule has 0 bridgehead atoms. The number of urea groups is 1. The highest BCUT2D eigenvalue weighted by atomic mass is 19.1. The van der Waals surface area contributed by atoms with Crippen molar-refractivity contribution >= 4 is 17.4 Å². The topological polar surface area (TPSA) is 38.8 Å². The fourth-order valence-electron chi connectivity index (χ4n) is 3.68. The number of hydrogen-bond acceptors (Lipinski definition) is 3. The summed E-state index contributed by atoms with van der Waals surface area (Å²) in [6, 6.07) is 12.4. The van der Waals surface area contributed by atoms with Crippen LogP contribution in [0.3, 0.4) is 0 Å². The SMILES string of the molecule is CN1CCN(c2cccc3c2CNC(=O)N3Cc2cccc(F)c2)CC1. The highest BCUT2D eigenvalue weighted by Crippen LogP contribution is 2.34. The van der Waals surface area contributed by atoms with Gasteiger partial charge in [0.05, 0.1) is 12.2 Å². The lowest BCUT2D eigenvalue weighted by Gasteiger charge is -2.38. The fourth-order valence-corrected chi connectivity index (χ4v) is 3.68. The van der Waals surface area contributed by atoms with Crippen LogP contribution in [0.15, 0.2) is 42.5 Å². The molecule has 0 atom stereocenters. The first-order valence-corrected chi connectivity index (χ1v) is 8.97. The predicted octanol–water partition coefficient (Wildman–Crippen LogP) is 2.81. The molecule has 1 fully saturated rings. The zero-order chi connectivity index (χ0) is 18.1. The first-order chi connectivity index (χ1) is 12.6. The van der Waals surface area contributed by atoms with Gasteiger partial charge in [0.2, 0.25) is 0 Å². The normalized spacial score (nSPS) is 17.8. The van der Waals surface area contributed by atoms with E-state index in [9.17, 15) is 9.18 Å². The lowest BCUT2D eigenvalue weighted by molar-refractivity contribution is 0.244. The zero-order valence-corrected chi connectivity index (χ0v) is 14.9. The van der Waals surface area contributed by atoms with Gasteiger partial charge in [-0.3, -0.25) is 4.90 Å². The van der Waals surface area contributed by atoms with Crippen molar-refractivity contribution in [2.24, 2.45) is 0 Å². The molecule has 1 saturated heterocycles. The molecule has 0 spiro atoms. The van der Waals surface area contributed by atoms with Crippen LogP contribution in [0.2, 0.25) is 0 Å². The van der Waals surface area contributed by atoms with E-state index < -0.39 is 0 Å². The van der Waals surface area contributed by atoms with Crippen molar-refractivity contribution in [3.05, 3.63) is 59.4 Å². The van der Waals surface area contributed by atoms with Crippen molar-refractivity contribution in [1.29, 1.82) is 0 Å². The van der Waals surface area contributed by atoms with Gasteiger partial charge in [0.15, 0.2) is 0 Å². The monoisotopic (exact) mass is 354 g/mol. The average molecular weight is 354 g/mol. The Morgan fingerprint density at radius 2 is 1.77 bits per heavy atom. The summed E-state index contributed by atoms with van der Waals surface area (Å²) < 4.78 is 13.5. The van der Waals surface area contributed by atoms with Crippen molar-refractivity contribution in [2.45, 2.75) is 13.1 Å². The van der Waals surface area contributed by atoms with E-state index in [0.717, 1.165) is 43.0 Å². The second-order valence-electron chi connectivity index (χ2n) is 6.94. The second kappa shape index (κ2) is 6.96. The quantitative estimate of drug-likeness (QED) is 0.921. The van der Waals surface area contributed by atoms with Gasteiger partial charge in [0, 0.05) is 44.0 Å². The smallest absolute Gasteiger partial charge is 0.322 e. The Kier molecular flexibility index (Phi) is 4.51. The van der Waals surface area contributed by atoms with Crippen LogP contribution in [-0.4, -0.2) is 44.2 Å². The number of carbonyl (C=O) groups excluding carboxylic acids is 1. The maximum atomic E-state index is 13.5. The summed E-state index contributed by atoms with van der Waals surface area (Å²) in [5.41, 5.74) is 4.00. The van der Waals surface area contributed by atoms with Crippen LogP contribution in [0.25, 0.3) is 0 Å². The summed E-state index contributed by atoms with van der Waals surface area (Å²) >= 11 is 0. The first-order valence-electron chi connectivity index (χ1n) is 8.97. The Balaban J connectivity index is 1.65. The number of rotatable bonds is 3. The Bertz CT molecular complexity index is 817. The highest BCUT2D eigenvalue weighted by Gasteiger charge is 2.28. The van der Waals surface area contributed by atoms with Crippen LogP contribution in [-0.2, 0) is 13.1 Å². The van der Waals surface area contributed by atoms with Crippen LogP contribution in [0.1, 0.15) is 11.1 Å². The molecule has 2 aromatic rings. The van der Waals surface area contributed by atoms with Gasteiger partial charge in [-0.05, 0) is 36.9 Å². The first kappa shape index (κ1) is 16.8. The van der Waals surface area contributed by atoms with Crippen LogP contribution >= 0.6 is 0 Å². The minimum Gasteiger partial charge on any atom is -0.369 e. The predicted molar refractivity (Wildman–Crippen MR) is 101 cm³/mol. The number of anilines is 2. The van der Waals surface area contributed by atoms with E-state index >= 15 is 0 Å². The van der Waals surface area contributed by atoms with Crippen molar-refractivity contribution in [1.82, 2.24) is 10.2 Å². The molecule has 5 nitrogen and oxygen atoms in total. The van der Waals surface area contributed by atoms with Gasteiger partial charge in [-0.1, -0.05) is 18.2 Å². The third kappa shape index (κ3) is 3.24. The van der Waals surface area contributed by atoms with E-state index in [1.165, 1.54) is 17.8 Å². The van der Waals surface area contributed by atoms with Crippen molar-refractivity contribution in [2.75, 3.05) is 43.0 Å². The highest BCUT2D eigenvalue weighted by molar-refractivity contribution is 5.96. The minimum atomic E-state index is -0.286. The number of hydrogen-bond donors (Lipinski definition) is 1. The van der Waals surface area contributed by atoms with Gasteiger partial charge in [0.1, 0.15) is 5.82 Å². The summed E-state index contributed by atoms with van der Waals surface area (Å²) in [6.07, 6.45) is 0. The number of nitrogens with one attached hydrogen (secondary N) is 1. The molecule has 2 amide bonds. The molecule has 6 heteroatoms. The van der Waals surface area contributed by atoms with Gasteiger partial charge in [-0.25, -0.2) is 9.18 Å². The summed E-state index contributed by atoms with van der Waals surface area (Å²) in [5, 5.41) is 2.97. The summed E-state index contributed by atoms with van der Waals surface area (Å²) in [5.74, 6) is -0.286. The molecule has 0 radical (unpaired) electrons. The molecule has 0 saturated carbocycles. The molecular formula is C20H23FN4O. The van der Waals surface area contributed by atoms with E-state index in [0.29, 0.717) is 13.1 Å². The number of amides is 2. The molecule has 1 N–H and O–H groups in total. The molecule has 2 aliphatic heterocycles. The molecule has 2 heterocycles. The number of carbonyl (C=O) groups is 1. The number of nitrogens with zero attached hydrogens (tertiary/aromatic N) is 3. The fraction of sp³-hybridized carbons (Fsp3) is 0.350. The molecule has 2 aromatic carbocycles. The Hall–Kier alpha value is -2.60. The van der Waals surface area contributed by atoms with E-state index in [1.54, 1.807) is 11.0 Å². The van der Waals surface area contributed by atoms with E-state index in [4.69, 9.17) is 0 Å². The van der Waals surface area contributed by atoms with E-state index in [1.807, 2.05) is 18.2 Å². The summed E-state index contributed by atoms with van der Waals surface area (Å²) in [4.78, 5) is 18.9. The molecule has 26 heavy (non-hydrogen) atoms. The standard InChI is InChI=1S/C20H23FN4O/c1-23-8-10-24(11-9-23)18-6-3-7-19-17(18)13-22-20(26)25(19)14-15-4-2-5-16(21)12-15/h2-7,12H,8-11,13-14H2,1H3,(H,22,26). The second-order valence-corrected chi connectivity index (χ2v) is 6.94. The number of fused-ring (bicyclic) bond motifs is 1. The third-order valence-electron chi connectivity index (χ3n) is 5.15. The van der Waals surface area contributed by atoms with Crippen LogP contribution < -0.4 is 15.1 Å². The minimum absolute atomic E-state index is 0.141. The number of piperazine rings is 1. The molecule has 0 aromatic heterocycles.